The summed E-state index contributed by atoms with van der Waals surface area (Å²) in [5.41, 5.74) is 5.27. The largest absolute Gasteiger partial charge is 0.465 e. The Labute approximate surface area is 128 Å². The third-order valence-corrected chi connectivity index (χ3v) is 3.76. The van der Waals surface area contributed by atoms with Gasteiger partial charge in [-0.05, 0) is 30.5 Å². The van der Waals surface area contributed by atoms with Gasteiger partial charge >= 0.3 is 11.9 Å². The van der Waals surface area contributed by atoms with Crippen molar-refractivity contribution >= 4 is 23.3 Å². The van der Waals surface area contributed by atoms with E-state index in [1.165, 1.54) is 0 Å². The Balaban J connectivity index is 1.56. The van der Waals surface area contributed by atoms with E-state index in [4.69, 9.17) is 9.47 Å². The second kappa shape index (κ2) is 6.60. The highest BCUT2D eigenvalue weighted by molar-refractivity contribution is 6.36. The molecule has 2 saturated heterocycles. The summed E-state index contributed by atoms with van der Waals surface area (Å²) < 4.78 is 9.90. The van der Waals surface area contributed by atoms with Gasteiger partial charge < -0.3 is 9.47 Å². The molecule has 0 radical (unpaired) electrons. The van der Waals surface area contributed by atoms with Crippen LogP contribution >= 0.6 is 0 Å². The molecule has 6 heteroatoms. The van der Waals surface area contributed by atoms with Crippen LogP contribution in [0.15, 0.2) is 29.4 Å². The number of nitrogens with zero attached hydrogens (tertiary/aromatic N) is 1. The van der Waals surface area contributed by atoms with Crippen LogP contribution < -0.4 is 5.43 Å². The first kappa shape index (κ1) is 14.6. The number of benzene rings is 1. The fourth-order valence-electron chi connectivity index (χ4n) is 2.57. The van der Waals surface area contributed by atoms with E-state index in [1.54, 1.807) is 0 Å². The Kier molecular flexibility index (Phi) is 4.37. The van der Waals surface area contributed by atoms with Gasteiger partial charge in [-0.2, -0.15) is 5.10 Å². The average Bonchev–Trinajstić information content (AvgIpc) is 2.93. The molecule has 22 heavy (non-hydrogen) atoms. The molecule has 1 aromatic rings. The van der Waals surface area contributed by atoms with Gasteiger partial charge in [-0.15, -0.1) is 0 Å². The minimum absolute atomic E-state index is 0.113. The zero-order valence-corrected chi connectivity index (χ0v) is 12.2. The molecule has 0 amide bonds. The summed E-state index contributed by atoms with van der Waals surface area (Å²) in [6.45, 7) is 0.981. The molecule has 6 nitrogen and oxygen atoms in total. The minimum atomic E-state index is -0.346. The lowest BCUT2D eigenvalue weighted by molar-refractivity contribution is -0.138. The van der Waals surface area contributed by atoms with E-state index in [0.717, 1.165) is 24.1 Å². The van der Waals surface area contributed by atoms with E-state index in [2.05, 4.69) is 10.5 Å². The maximum absolute atomic E-state index is 11.5. The van der Waals surface area contributed by atoms with Crippen LogP contribution in [0.4, 0.5) is 5.69 Å². The maximum Gasteiger partial charge on any atom is 0.354 e. The second-order valence-corrected chi connectivity index (χ2v) is 5.56. The zero-order valence-electron chi connectivity index (χ0n) is 12.2. The lowest BCUT2D eigenvalue weighted by Crippen LogP contribution is -2.24. The van der Waals surface area contributed by atoms with E-state index in [-0.39, 0.29) is 17.9 Å². The molecule has 2 aliphatic rings. The smallest absolute Gasteiger partial charge is 0.354 e. The molecule has 0 saturated carbocycles. The third kappa shape index (κ3) is 3.63. The molecule has 0 unspecified atom stereocenters. The molecule has 2 fully saturated rings. The Hall–Kier alpha value is -2.37. The van der Waals surface area contributed by atoms with Gasteiger partial charge in [-0.3, -0.25) is 10.2 Å². The second-order valence-electron chi connectivity index (χ2n) is 5.56. The van der Waals surface area contributed by atoms with Gasteiger partial charge in [0.2, 0.25) is 0 Å². The molecule has 116 valence electrons. The van der Waals surface area contributed by atoms with Gasteiger partial charge in [0.15, 0.2) is 0 Å². The van der Waals surface area contributed by atoms with Crippen molar-refractivity contribution in [2.75, 3.05) is 18.6 Å². The SMILES string of the molecule is O=C1C[C@@H](Cc2ccc(N/N=C3/CCCOC3=O)cc2)CO1. The molecule has 3 rings (SSSR count). The Morgan fingerprint density at radius 1 is 1.18 bits per heavy atom. The van der Waals surface area contributed by atoms with Crippen LogP contribution in [0.2, 0.25) is 0 Å². The lowest BCUT2D eigenvalue weighted by Gasteiger charge is -2.13. The number of rotatable bonds is 4. The Morgan fingerprint density at radius 2 is 2.00 bits per heavy atom. The number of anilines is 1. The van der Waals surface area contributed by atoms with Gasteiger partial charge in [0.1, 0.15) is 5.71 Å². The fourth-order valence-corrected chi connectivity index (χ4v) is 2.57. The zero-order chi connectivity index (χ0) is 15.4. The van der Waals surface area contributed by atoms with Gasteiger partial charge in [0.25, 0.3) is 0 Å². The molecule has 0 spiro atoms. The van der Waals surface area contributed by atoms with Crippen molar-refractivity contribution in [2.24, 2.45) is 11.0 Å². The van der Waals surface area contributed by atoms with Crippen molar-refractivity contribution in [3.63, 3.8) is 0 Å². The Bertz CT molecular complexity index is 595. The summed E-state index contributed by atoms with van der Waals surface area (Å²) in [4.78, 5) is 22.5. The van der Waals surface area contributed by atoms with Crippen molar-refractivity contribution in [3.05, 3.63) is 29.8 Å². The first-order valence-corrected chi connectivity index (χ1v) is 7.45. The molecule has 0 bridgehead atoms. The van der Waals surface area contributed by atoms with Gasteiger partial charge in [-0.25, -0.2) is 4.79 Å². The number of carbonyl (C=O) groups is 2. The fraction of sp³-hybridized carbons (Fsp3) is 0.438. The van der Waals surface area contributed by atoms with Gasteiger partial charge in [-0.1, -0.05) is 12.1 Å². The highest BCUT2D eigenvalue weighted by Crippen LogP contribution is 2.20. The number of hydrogen-bond donors (Lipinski definition) is 1. The number of nitrogens with one attached hydrogen (secondary N) is 1. The summed E-state index contributed by atoms with van der Waals surface area (Å²) in [7, 11) is 0. The molecule has 1 N–H and O–H groups in total. The van der Waals surface area contributed by atoms with Crippen molar-refractivity contribution in [3.8, 4) is 0 Å². The first-order chi connectivity index (χ1) is 10.7. The van der Waals surface area contributed by atoms with Crippen molar-refractivity contribution < 1.29 is 19.1 Å². The van der Waals surface area contributed by atoms with Crippen molar-refractivity contribution in [2.45, 2.75) is 25.7 Å². The highest BCUT2D eigenvalue weighted by Gasteiger charge is 2.23. The van der Waals surface area contributed by atoms with Crippen LogP contribution in [0.25, 0.3) is 0 Å². The molecule has 1 atom stereocenters. The van der Waals surface area contributed by atoms with Crippen LogP contribution in [0.5, 0.6) is 0 Å². The number of esters is 2. The van der Waals surface area contributed by atoms with E-state index in [1.807, 2.05) is 24.3 Å². The summed E-state index contributed by atoms with van der Waals surface area (Å²) in [6.07, 6.45) is 2.77. The van der Waals surface area contributed by atoms with Crippen LogP contribution in [-0.4, -0.2) is 30.9 Å². The van der Waals surface area contributed by atoms with Crippen LogP contribution in [-0.2, 0) is 25.5 Å². The van der Waals surface area contributed by atoms with E-state index in [9.17, 15) is 9.59 Å². The number of hydrogen-bond acceptors (Lipinski definition) is 6. The predicted octanol–water partition coefficient (Wildman–Crippen LogP) is 1.90. The quantitative estimate of drug-likeness (QED) is 0.679. The van der Waals surface area contributed by atoms with Gasteiger partial charge in [0, 0.05) is 12.3 Å². The van der Waals surface area contributed by atoms with Crippen molar-refractivity contribution in [1.29, 1.82) is 0 Å². The average molecular weight is 302 g/mol. The molecule has 0 aromatic heterocycles. The normalized spacial score (nSPS) is 23.3. The topological polar surface area (TPSA) is 77.0 Å². The molecular formula is C16H18N2O4. The number of ether oxygens (including phenoxy) is 2. The van der Waals surface area contributed by atoms with Crippen LogP contribution in [0, 0.1) is 5.92 Å². The molecule has 2 heterocycles. The van der Waals surface area contributed by atoms with Crippen LogP contribution in [0.3, 0.4) is 0 Å². The van der Waals surface area contributed by atoms with E-state index in [0.29, 0.717) is 31.8 Å². The molecule has 0 aliphatic carbocycles. The number of hydrazone groups is 1. The molecular weight excluding hydrogens is 284 g/mol. The number of cyclic esters (lactones) is 2. The first-order valence-electron chi connectivity index (χ1n) is 7.45. The summed E-state index contributed by atoms with van der Waals surface area (Å²) >= 11 is 0. The predicted molar refractivity (Wildman–Crippen MR) is 80.5 cm³/mol. The third-order valence-electron chi connectivity index (χ3n) is 3.76. The van der Waals surface area contributed by atoms with Crippen LogP contribution in [0.1, 0.15) is 24.8 Å². The molecule has 1 aromatic carbocycles. The minimum Gasteiger partial charge on any atom is -0.465 e. The monoisotopic (exact) mass is 302 g/mol. The maximum atomic E-state index is 11.5. The summed E-state index contributed by atoms with van der Waals surface area (Å²) in [6, 6.07) is 7.80. The van der Waals surface area contributed by atoms with Crippen molar-refractivity contribution in [1.82, 2.24) is 0 Å². The lowest BCUT2D eigenvalue weighted by atomic mass is 9.98. The summed E-state index contributed by atoms with van der Waals surface area (Å²) in [5, 5.41) is 4.10. The Morgan fingerprint density at radius 3 is 2.68 bits per heavy atom. The number of carbonyl (C=O) groups excluding carboxylic acids is 2. The van der Waals surface area contributed by atoms with E-state index >= 15 is 0 Å². The molecule has 2 aliphatic heterocycles. The standard InChI is InChI=1S/C16H18N2O4/c19-15-9-12(10-22-15)8-11-3-5-13(6-4-11)17-18-14-2-1-7-21-16(14)20/h3-6,12,17H,1-2,7-10H2/b18-14-/t12-/m1/s1. The highest BCUT2D eigenvalue weighted by atomic mass is 16.5. The van der Waals surface area contributed by atoms with Gasteiger partial charge in [0.05, 0.1) is 25.3 Å². The van der Waals surface area contributed by atoms with E-state index < -0.39 is 0 Å². The summed E-state index contributed by atoms with van der Waals surface area (Å²) in [5.74, 6) is -0.191.